The van der Waals surface area contributed by atoms with Gasteiger partial charge in [-0.15, -0.1) is 0 Å². The van der Waals surface area contributed by atoms with Crippen LogP contribution in [0.15, 0.2) is 23.9 Å². The highest BCUT2D eigenvalue weighted by Crippen LogP contribution is 2.30. The number of nitrogens with one attached hydrogen (secondary N) is 3. The lowest BCUT2D eigenvalue weighted by molar-refractivity contribution is -0.126. The molecule has 1 aliphatic heterocycles. The number of alkyl halides is 3. The Labute approximate surface area is 104 Å². The summed E-state index contributed by atoms with van der Waals surface area (Å²) in [4.78, 5) is 0. The molecule has 0 bridgehead atoms. The Bertz CT molecular complexity index is 349. The molecule has 0 amide bonds. The van der Waals surface area contributed by atoms with Crippen molar-refractivity contribution in [1.82, 2.24) is 16.2 Å². The lowest BCUT2D eigenvalue weighted by Gasteiger charge is -2.26. The minimum atomic E-state index is -4.14. The highest BCUT2D eigenvalue weighted by Gasteiger charge is 2.31. The summed E-state index contributed by atoms with van der Waals surface area (Å²) in [7, 11) is 0. The first-order valence-electron chi connectivity index (χ1n) is 6.13. The molecule has 18 heavy (non-hydrogen) atoms. The van der Waals surface area contributed by atoms with E-state index in [1.807, 2.05) is 12.2 Å². The van der Waals surface area contributed by atoms with Gasteiger partial charge >= 0.3 is 6.18 Å². The van der Waals surface area contributed by atoms with E-state index in [0.717, 1.165) is 12.2 Å². The van der Waals surface area contributed by atoms with Crippen LogP contribution in [0.4, 0.5) is 13.2 Å². The van der Waals surface area contributed by atoms with E-state index >= 15 is 0 Å². The smallest absolute Gasteiger partial charge is 0.325 e. The number of fused-ring (bicyclic) bond motifs is 1. The molecule has 0 aromatic heterocycles. The van der Waals surface area contributed by atoms with Gasteiger partial charge in [-0.05, 0) is 25.3 Å². The van der Waals surface area contributed by atoms with Gasteiger partial charge in [0.25, 0.3) is 0 Å². The zero-order chi connectivity index (χ0) is 13.2. The first-order chi connectivity index (χ1) is 8.46. The number of rotatable bonds is 4. The van der Waals surface area contributed by atoms with Crippen molar-refractivity contribution in [1.29, 1.82) is 0 Å². The average Bonchev–Trinajstić information content (AvgIpc) is 2.74. The minimum absolute atomic E-state index is 0.152. The lowest BCUT2D eigenvalue weighted by Crippen LogP contribution is -2.37. The number of halogens is 3. The van der Waals surface area contributed by atoms with Crippen molar-refractivity contribution in [3.8, 4) is 0 Å². The van der Waals surface area contributed by atoms with Gasteiger partial charge in [0.2, 0.25) is 0 Å². The van der Waals surface area contributed by atoms with E-state index in [1.54, 1.807) is 6.92 Å². The Balaban J connectivity index is 1.82. The molecule has 2 rings (SSSR count). The topological polar surface area (TPSA) is 36.1 Å². The monoisotopic (exact) mass is 261 g/mol. The molecule has 2 unspecified atom stereocenters. The van der Waals surface area contributed by atoms with Crippen LogP contribution >= 0.6 is 0 Å². The summed E-state index contributed by atoms with van der Waals surface area (Å²) in [6.07, 6.45) is 2.62. The molecule has 1 saturated heterocycles. The van der Waals surface area contributed by atoms with Crippen LogP contribution in [0.3, 0.4) is 0 Å². The Morgan fingerprint density at radius 3 is 3.00 bits per heavy atom. The third-order valence-electron chi connectivity index (χ3n) is 3.38. The Morgan fingerprint density at radius 2 is 2.28 bits per heavy atom. The first-order valence-corrected chi connectivity index (χ1v) is 6.13. The Kier molecular flexibility index (Phi) is 3.97. The third kappa shape index (κ3) is 3.49. The third-order valence-corrected chi connectivity index (χ3v) is 3.38. The van der Waals surface area contributed by atoms with Gasteiger partial charge in [0.15, 0.2) is 0 Å². The van der Waals surface area contributed by atoms with E-state index in [0.29, 0.717) is 12.3 Å². The summed E-state index contributed by atoms with van der Waals surface area (Å²) in [6.45, 7) is 1.70. The van der Waals surface area contributed by atoms with Gasteiger partial charge in [-0.1, -0.05) is 12.2 Å². The second kappa shape index (κ2) is 5.32. The van der Waals surface area contributed by atoms with Gasteiger partial charge < -0.3 is 10.7 Å². The summed E-state index contributed by atoms with van der Waals surface area (Å²) in [5, 5.41) is 2.53. The van der Waals surface area contributed by atoms with E-state index < -0.39 is 12.7 Å². The van der Waals surface area contributed by atoms with Gasteiger partial charge in [0, 0.05) is 24.2 Å². The number of hydrogen-bond donors (Lipinski definition) is 3. The molecule has 6 heteroatoms. The predicted octanol–water partition coefficient (Wildman–Crippen LogP) is 1.71. The highest BCUT2D eigenvalue weighted by atomic mass is 19.4. The van der Waals surface area contributed by atoms with Crippen LogP contribution in [0.25, 0.3) is 0 Å². The van der Waals surface area contributed by atoms with Crippen LogP contribution in [-0.2, 0) is 0 Å². The summed E-state index contributed by atoms with van der Waals surface area (Å²) in [6, 6.07) is -0.152. The maximum atomic E-state index is 12.1. The molecule has 102 valence electrons. The molecule has 0 aromatic rings. The van der Waals surface area contributed by atoms with Gasteiger partial charge in [-0.2, -0.15) is 13.2 Å². The van der Waals surface area contributed by atoms with Crippen molar-refractivity contribution in [2.45, 2.75) is 25.6 Å². The molecular formula is C12H18F3N3. The van der Waals surface area contributed by atoms with E-state index in [4.69, 9.17) is 0 Å². The van der Waals surface area contributed by atoms with Crippen LogP contribution in [0.5, 0.6) is 0 Å². The zero-order valence-corrected chi connectivity index (χ0v) is 10.2. The first kappa shape index (κ1) is 13.4. The second-order valence-corrected chi connectivity index (χ2v) is 4.92. The molecule has 1 aliphatic carbocycles. The maximum absolute atomic E-state index is 12.1. The summed E-state index contributed by atoms with van der Waals surface area (Å²) in [5.74, 6) is 0.633. The molecule has 0 saturated carbocycles. The van der Waals surface area contributed by atoms with Gasteiger partial charge in [0.1, 0.15) is 0 Å². The molecule has 3 N–H and O–H groups in total. The molecule has 0 spiro atoms. The van der Waals surface area contributed by atoms with E-state index in [9.17, 15) is 13.2 Å². The van der Waals surface area contributed by atoms with Crippen molar-refractivity contribution in [2.24, 2.45) is 11.8 Å². The number of allylic oxidation sites excluding steroid dienone is 3. The highest BCUT2D eigenvalue weighted by molar-refractivity contribution is 5.24. The fourth-order valence-corrected chi connectivity index (χ4v) is 2.47. The Morgan fingerprint density at radius 1 is 1.50 bits per heavy atom. The van der Waals surface area contributed by atoms with Crippen LogP contribution in [0.1, 0.15) is 13.3 Å². The standard InChI is InChI=1S/C12H18F3N3/c1-8(16-7-12(13,14)15)5-9-3-2-4-11-10(9)6-17-18-11/h2-4,8-10,16-18H,5-7H2,1H3/t8-,9?,10?/m1/s1. The van der Waals surface area contributed by atoms with Gasteiger partial charge in [-0.3, -0.25) is 0 Å². The largest absolute Gasteiger partial charge is 0.401 e. The molecule has 0 radical (unpaired) electrons. The second-order valence-electron chi connectivity index (χ2n) is 4.92. The fraction of sp³-hybridized carbons (Fsp3) is 0.667. The minimum Gasteiger partial charge on any atom is -0.325 e. The molecule has 3 nitrogen and oxygen atoms in total. The molecular weight excluding hydrogens is 243 g/mol. The molecule has 1 heterocycles. The lowest BCUT2D eigenvalue weighted by atomic mass is 9.83. The summed E-state index contributed by atoms with van der Waals surface area (Å²) < 4.78 is 36.3. The zero-order valence-electron chi connectivity index (χ0n) is 10.2. The molecule has 1 fully saturated rings. The predicted molar refractivity (Wildman–Crippen MR) is 63.5 cm³/mol. The number of hydrogen-bond acceptors (Lipinski definition) is 3. The van der Waals surface area contributed by atoms with E-state index in [1.165, 1.54) is 0 Å². The Hall–Kier alpha value is -1.01. The van der Waals surface area contributed by atoms with Crippen LogP contribution in [0, 0.1) is 11.8 Å². The normalized spacial score (nSPS) is 28.6. The maximum Gasteiger partial charge on any atom is 0.401 e. The van der Waals surface area contributed by atoms with Crippen molar-refractivity contribution < 1.29 is 13.2 Å². The molecule has 2 aliphatic rings. The molecule has 0 aromatic carbocycles. The summed E-state index contributed by atoms with van der Waals surface area (Å²) in [5.41, 5.74) is 7.27. The number of hydrazine groups is 1. The van der Waals surface area contributed by atoms with Crippen molar-refractivity contribution in [3.63, 3.8) is 0 Å². The van der Waals surface area contributed by atoms with Crippen molar-refractivity contribution in [2.75, 3.05) is 13.1 Å². The van der Waals surface area contributed by atoms with Crippen LogP contribution in [-0.4, -0.2) is 25.3 Å². The quantitative estimate of drug-likeness (QED) is 0.721. The molecule has 3 atom stereocenters. The fourth-order valence-electron chi connectivity index (χ4n) is 2.47. The van der Waals surface area contributed by atoms with Gasteiger partial charge in [0.05, 0.1) is 6.54 Å². The SMILES string of the molecule is C[C@H](CC1C=CC=C2NNCC21)NCC(F)(F)F. The van der Waals surface area contributed by atoms with Crippen molar-refractivity contribution >= 4 is 0 Å². The van der Waals surface area contributed by atoms with Crippen molar-refractivity contribution in [3.05, 3.63) is 23.9 Å². The van der Waals surface area contributed by atoms with Crippen LogP contribution in [0.2, 0.25) is 0 Å². The van der Waals surface area contributed by atoms with E-state index in [-0.39, 0.29) is 12.0 Å². The average molecular weight is 261 g/mol. The van der Waals surface area contributed by atoms with Crippen LogP contribution < -0.4 is 16.2 Å². The van der Waals surface area contributed by atoms with Gasteiger partial charge in [-0.25, -0.2) is 5.43 Å². The van der Waals surface area contributed by atoms with E-state index in [2.05, 4.69) is 22.2 Å². The summed E-state index contributed by atoms with van der Waals surface area (Å²) >= 11 is 0.